The van der Waals surface area contributed by atoms with Crippen molar-refractivity contribution in [2.45, 2.75) is 37.4 Å². The molecule has 2 atom stereocenters. The zero-order valence-electron chi connectivity index (χ0n) is 10.4. The highest BCUT2D eigenvalue weighted by molar-refractivity contribution is 4.94. The number of nitrogens with zero attached hydrogens (tertiary/aromatic N) is 1. The minimum Gasteiger partial charge on any atom is -0.383 e. The summed E-state index contributed by atoms with van der Waals surface area (Å²) < 4.78 is 10.8. The predicted octanol–water partition coefficient (Wildman–Crippen LogP) is 0.474. The Morgan fingerprint density at radius 3 is 2.81 bits per heavy atom. The van der Waals surface area contributed by atoms with Crippen LogP contribution in [0.15, 0.2) is 0 Å². The maximum Gasteiger partial charge on any atom is 0.0637 e. The molecule has 2 fully saturated rings. The van der Waals surface area contributed by atoms with Crippen LogP contribution in [0.3, 0.4) is 0 Å². The maximum absolute atomic E-state index is 5.63. The van der Waals surface area contributed by atoms with E-state index in [4.69, 9.17) is 9.47 Å². The Morgan fingerprint density at radius 1 is 1.38 bits per heavy atom. The lowest BCUT2D eigenvalue weighted by Gasteiger charge is -2.39. The molecule has 1 saturated carbocycles. The third kappa shape index (κ3) is 2.94. The normalized spacial score (nSPS) is 30.9. The number of hydrogen-bond acceptors (Lipinski definition) is 4. The molecule has 2 rings (SSSR count). The third-order valence-corrected chi connectivity index (χ3v) is 3.69. The summed E-state index contributed by atoms with van der Waals surface area (Å²) in [5.41, 5.74) is 0. The minimum atomic E-state index is 0.529. The molecule has 0 spiro atoms. The van der Waals surface area contributed by atoms with Gasteiger partial charge in [0, 0.05) is 38.4 Å². The lowest BCUT2D eigenvalue weighted by atomic mass is 10.0. The number of methoxy groups -OCH3 is 1. The smallest absolute Gasteiger partial charge is 0.0637 e. The van der Waals surface area contributed by atoms with Gasteiger partial charge in [-0.25, -0.2) is 0 Å². The number of likely N-dealkylation sites (N-methyl/N-ethyl adjacent to an activating group) is 1. The van der Waals surface area contributed by atoms with Crippen molar-refractivity contribution in [1.29, 1.82) is 0 Å². The lowest BCUT2D eigenvalue weighted by Crippen LogP contribution is -2.56. The standard InChI is InChI=1S/C12H24N2O2/c1-13-11-5-7-16-9-12(11)14(6-8-15-2)10-3-4-10/h10-13H,3-9H2,1-2H3. The van der Waals surface area contributed by atoms with Crippen molar-refractivity contribution in [2.75, 3.05) is 40.5 Å². The van der Waals surface area contributed by atoms with Gasteiger partial charge in [-0.1, -0.05) is 0 Å². The Kier molecular flexibility index (Phi) is 4.58. The molecule has 0 aromatic carbocycles. The van der Waals surface area contributed by atoms with Crippen molar-refractivity contribution in [3.8, 4) is 0 Å². The molecule has 1 aliphatic carbocycles. The molecule has 94 valence electrons. The Balaban J connectivity index is 1.93. The van der Waals surface area contributed by atoms with Gasteiger partial charge in [-0.2, -0.15) is 0 Å². The van der Waals surface area contributed by atoms with E-state index in [-0.39, 0.29) is 0 Å². The molecule has 1 saturated heterocycles. The highest BCUT2D eigenvalue weighted by atomic mass is 16.5. The van der Waals surface area contributed by atoms with E-state index in [1.54, 1.807) is 7.11 Å². The molecule has 0 bridgehead atoms. The van der Waals surface area contributed by atoms with E-state index in [1.165, 1.54) is 12.8 Å². The average Bonchev–Trinajstić information content (AvgIpc) is 3.14. The first-order chi connectivity index (χ1) is 7.86. The zero-order chi connectivity index (χ0) is 11.4. The van der Waals surface area contributed by atoms with Gasteiger partial charge < -0.3 is 14.8 Å². The van der Waals surface area contributed by atoms with E-state index in [0.717, 1.165) is 38.8 Å². The Hall–Kier alpha value is -0.160. The monoisotopic (exact) mass is 228 g/mol. The highest BCUT2D eigenvalue weighted by Crippen LogP contribution is 2.30. The maximum atomic E-state index is 5.63. The van der Waals surface area contributed by atoms with Crippen LogP contribution in [0, 0.1) is 0 Å². The Morgan fingerprint density at radius 2 is 2.19 bits per heavy atom. The van der Waals surface area contributed by atoms with Crippen LogP contribution in [0.2, 0.25) is 0 Å². The molecule has 16 heavy (non-hydrogen) atoms. The molecule has 0 radical (unpaired) electrons. The first kappa shape index (κ1) is 12.3. The van der Waals surface area contributed by atoms with Gasteiger partial charge in [0.1, 0.15) is 0 Å². The van der Waals surface area contributed by atoms with Gasteiger partial charge in [0.25, 0.3) is 0 Å². The summed E-state index contributed by atoms with van der Waals surface area (Å²) in [5, 5.41) is 3.43. The quantitative estimate of drug-likeness (QED) is 0.717. The van der Waals surface area contributed by atoms with E-state index in [9.17, 15) is 0 Å². The van der Waals surface area contributed by atoms with Crippen LogP contribution in [0.5, 0.6) is 0 Å². The van der Waals surface area contributed by atoms with Crippen molar-refractivity contribution >= 4 is 0 Å². The highest BCUT2D eigenvalue weighted by Gasteiger charge is 2.38. The van der Waals surface area contributed by atoms with Gasteiger partial charge in [-0.05, 0) is 26.3 Å². The molecule has 4 nitrogen and oxygen atoms in total. The summed E-state index contributed by atoms with van der Waals surface area (Å²) in [6.07, 6.45) is 3.81. The summed E-state index contributed by atoms with van der Waals surface area (Å²) in [6, 6.07) is 1.88. The number of rotatable bonds is 6. The average molecular weight is 228 g/mol. The lowest BCUT2D eigenvalue weighted by molar-refractivity contribution is -0.0124. The van der Waals surface area contributed by atoms with Gasteiger partial charge >= 0.3 is 0 Å². The second-order valence-electron chi connectivity index (χ2n) is 4.79. The molecule has 2 unspecified atom stereocenters. The van der Waals surface area contributed by atoms with Gasteiger partial charge in [-0.15, -0.1) is 0 Å². The van der Waals surface area contributed by atoms with E-state index in [0.29, 0.717) is 12.1 Å². The van der Waals surface area contributed by atoms with Crippen LogP contribution < -0.4 is 5.32 Å². The van der Waals surface area contributed by atoms with Crippen LogP contribution >= 0.6 is 0 Å². The van der Waals surface area contributed by atoms with Gasteiger partial charge in [0.05, 0.1) is 13.2 Å². The summed E-state index contributed by atoms with van der Waals surface area (Å²) in [4.78, 5) is 2.59. The first-order valence-corrected chi connectivity index (χ1v) is 6.36. The Bertz CT molecular complexity index is 209. The second kappa shape index (κ2) is 5.96. The molecule has 2 aliphatic rings. The largest absolute Gasteiger partial charge is 0.383 e. The van der Waals surface area contributed by atoms with E-state index < -0.39 is 0 Å². The van der Waals surface area contributed by atoms with Crippen molar-refractivity contribution in [3.05, 3.63) is 0 Å². The van der Waals surface area contributed by atoms with Crippen LogP contribution in [0.1, 0.15) is 19.3 Å². The van der Waals surface area contributed by atoms with E-state index in [2.05, 4.69) is 17.3 Å². The second-order valence-corrected chi connectivity index (χ2v) is 4.79. The number of ether oxygens (including phenoxy) is 2. The molecule has 0 aromatic heterocycles. The van der Waals surface area contributed by atoms with E-state index in [1.807, 2.05) is 0 Å². The molecule has 1 heterocycles. The summed E-state index contributed by atoms with van der Waals surface area (Å²) in [5.74, 6) is 0. The molecule has 4 heteroatoms. The fourth-order valence-corrected chi connectivity index (χ4v) is 2.61. The van der Waals surface area contributed by atoms with Gasteiger partial charge in [0.15, 0.2) is 0 Å². The summed E-state index contributed by atoms with van der Waals surface area (Å²) >= 11 is 0. The third-order valence-electron chi connectivity index (χ3n) is 3.69. The topological polar surface area (TPSA) is 33.7 Å². The molecule has 1 aliphatic heterocycles. The minimum absolute atomic E-state index is 0.529. The molecular formula is C12H24N2O2. The first-order valence-electron chi connectivity index (χ1n) is 6.36. The number of hydrogen-bond donors (Lipinski definition) is 1. The van der Waals surface area contributed by atoms with Crippen molar-refractivity contribution in [2.24, 2.45) is 0 Å². The van der Waals surface area contributed by atoms with Crippen LogP contribution in [0.4, 0.5) is 0 Å². The van der Waals surface area contributed by atoms with Crippen molar-refractivity contribution in [1.82, 2.24) is 10.2 Å². The fourth-order valence-electron chi connectivity index (χ4n) is 2.61. The van der Waals surface area contributed by atoms with Crippen LogP contribution in [-0.2, 0) is 9.47 Å². The van der Waals surface area contributed by atoms with Crippen LogP contribution in [0.25, 0.3) is 0 Å². The van der Waals surface area contributed by atoms with Crippen LogP contribution in [-0.4, -0.2) is 63.5 Å². The summed E-state index contributed by atoms with van der Waals surface area (Å²) in [7, 11) is 3.84. The predicted molar refractivity (Wildman–Crippen MR) is 63.7 cm³/mol. The molecular weight excluding hydrogens is 204 g/mol. The van der Waals surface area contributed by atoms with Gasteiger partial charge in [-0.3, -0.25) is 4.90 Å². The fraction of sp³-hybridized carbons (Fsp3) is 1.00. The summed E-state index contributed by atoms with van der Waals surface area (Å²) in [6.45, 7) is 3.62. The van der Waals surface area contributed by atoms with Crippen molar-refractivity contribution in [3.63, 3.8) is 0 Å². The van der Waals surface area contributed by atoms with Crippen molar-refractivity contribution < 1.29 is 9.47 Å². The van der Waals surface area contributed by atoms with E-state index >= 15 is 0 Å². The molecule has 1 N–H and O–H groups in total. The Labute approximate surface area is 98.3 Å². The number of nitrogens with one attached hydrogen (secondary N) is 1. The SMILES string of the molecule is CNC1CCOCC1N(CCOC)C1CC1. The molecule has 0 aromatic rings. The molecule has 0 amide bonds. The van der Waals surface area contributed by atoms with Gasteiger partial charge in [0.2, 0.25) is 0 Å². The zero-order valence-corrected chi connectivity index (χ0v) is 10.4.